The lowest BCUT2D eigenvalue weighted by Crippen LogP contribution is -2.24. The van der Waals surface area contributed by atoms with Gasteiger partial charge in [0.1, 0.15) is 5.82 Å². The van der Waals surface area contributed by atoms with Crippen molar-refractivity contribution in [1.82, 2.24) is 15.1 Å². The average molecular weight is 327 g/mol. The van der Waals surface area contributed by atoms with Crippen LogP contribution in [0.2, 0.25) is 0 Å². The van der Waals surface area contributed by atoms with E-state index >= 15 is 0 Å². The Morgan fingerprint density at radius 2 is 2.32 bits per heavy atom. The topological polar surface area (TPSA) is 72.9 Å². The fourth-order valence-electron chi connectivity index (χ4n) is 1.62. The number of benzene rings is 1. The highest BCUT2D eigenvalue weighted by Gasteiger charge is 2.14. The average Bonchev–Trinajstić information content (AvgIpc) is 2.69. The van der Waals surface area contributed by atoms with Crippen LogP contribution >= 0.6 is 15.9 Å². The number of amides is 1. The van der Waals surface area contributed by atoms with Crippen molar-refractivity contribution in [2.45, 2.75) is 6.54 Å². The van der Waals surface area contributed by atoms with Gasteiger partial charge in [0.2, 0.25) is 0 Å². The smallest absolute Gasteiger partial charge is 0.274 e. The Bertz CT molecular complexity index is 626. The van der Waals surface area contributed by atoms with E-state index in [9.17, 15) is 9.18 Å². The van der Waals surface area contributed by atoms with Gasteiger partial charge in [-0.25, -0.2) is 4.39 Å². The van der Waals surface area contributed by atoms with Gasteiger partial charge in [0.15, 0.2) is 5.69 Å². The number of aryl methyl sites for hydroxylation is 1. The van der Waals surface area contributed by atoms with Crippen LogP contribution in [0.25, 0.3) is 0 Å². The number of hydrogen-bond donors (Lipinski definition) is 2. The van der Waals surface area contributed by atoms with Crippen LogP contribution in [-0.4, -0.2) is 15.7 Å². The molecular weight excluding hydrogens is 315 g/mol. The minimum Gasteiger partial charge on any atom is -0.396 e. The van der Waals surface area contributed by atoms with Gasteiger partial charge < -0.3 is 11.1 Å². The largest absolute Gasteiger partial charge is 0.396 e. The molecule has 1 amide bonds. The lowest BCUT2D eigenvalue weighted by molar-refractivity contribution is 0.0946. The number of nitrogens with two attached hydrogens (primary N) is 1. The predicted octanol–water partition coefficient (Wildman–Crippen LogP) is 1.83. The molecule has 0 spiro atoms. The Hall–Kier alpha value is -1.89. The summed E-state index contributed by atoms with van der Waals surface area (Å²) in [7, 11) is 1.68. The van der Waals surface area contributed by atoms with Crippen molar-refractivity contribution in [3.8, 4) is 0 Å². The van der Waals surface area contributed by atoms with Gasteiger partial charge in [-0.05, 0) is 23.8 Å². The molecule has 0 bridgehead atoms. The first-order valence-corrected chi connectivity index (χ1v) is 6.28. The quantitative estimate of drug-likeness (QED) is 0.903. The second-order valence-corrected chi connectivity index (χ2v) is 4.88. The molecule has 100 valence electrons. The zero-order valence-electron chi connectivity index (χ0n) is 10.2. The Labute approximate surface area is 117 Å². The third-order valence-electron chi connectivity index (χ3n) is 2.52. The fourth-order valence-corrected chi connectivity index (χ4v) is 2.01. The first-order chi connectivity index (χ1) is 8.97. The van der Waals surface area contributed by atoms with Gasteiger partial charge in [-0.3, -0.25) is 9.48 Å². The summed E-state index contributed by atoms with van der Waals surface area (Å²) in [6.45, 7) is 0.188. The lowest BCUT2D eigenvalue weighted by Gasteiger charge is -2.06. The van der Waals surface area contributed by atoms with Gasteiger partial charge in [-0.2, -0.15) is 5.10 Å². The normalized spacial score (nSPS) is 10.5. The summed E-state index contributed by atoms with van der Waals surface area (Å²) in [6.07, 6.45) is 1.55. The standard InChI is InChI=1S/C12H12BrFN4O/c1-18-6-10(15)11(17-18)12(19)16-5-7-4-8(14)2-3-9(7)13/h2-4,6H,5,15H2,1H3,(H,16,19). The molecule has 7 heteroatoms. The van der Waals surface area contributed by atoms with E-state index in [1.807, 2.05) is 0 Å². The molecule has 0 aliphatic carbocycles. The molecule has 0 atom stereocenters. The molecule has 19 heavy (non-hydrogen) atoms. The zero-order chi connectivity index (χ0) is 14.0. The minimum absolute atomic E-state index is 0.162. The van der Waals surface area contributed by atoms with E-state index < -0.39 is 5.91 Å². The predicted molar refractivity (Wildman–Crippen MR) is 72.9 cm³/mol. The number of hydrogen-bond acceptors (Lipinski definition) is 3. The van der Waals surface area contributed by atoms with E-state index in [4.69, 9.17) is 5.73 Å². The maximum atomic E-state index is 13.1. The van der Waals surface area contributed by atoms with Crippen LogP contribution in [0, 0.1) is 5.82 Å². The number of anilines is 1. The molecule has 1 aromatic heterocycles. The Kier molecular flexibility index (Phi) is 3.84. The van der Waals surface area contributed by atoms with Crippen LogP contribution in [0.1, 0.15) is 16.1 Å². The first kappa shape index (κ1) is 13.5. The highest BCUT2D eigenvalue weighted by Crippen LogP contribution is 2.18. The molecule has 5 nitrogen and oxygen atoms in total. The molecule has 2 rings (SSSR count). The molecule has 0 aliphatic rings. The maximum Gasteiger partial charge on any atom is 0.274 e. The van der Waals surface area contributed by atoms with Crippen molar-refractivity contribution in [3.63, 3.8) is 0 Å². The SMILES string of the molecule is Cn1cc(N)c(C(=O)NCc2cc(F)ccc2Br)n1. The highest BCUT2D eigenvalue weighted by molar-refractivity contribution is 9.10. The molecule has 0 radical (unpaired) electrons. The fraction of sp³-hybridized carbons (Fsp3) is 0.167. The van der Waals surface area contributed by atoms with Crippen LogP contribution in [0.3, 0.4) is 0 Å². The zero-order valence-corrected chi connectivity index (χ0v) is 11.7. The number of carbonyl (C=O) groups excluding carboxylic acids is 1. The van der Waals surface area contributed by atoms with E-state index in [0.717, 1.165) is 4.47 Å². The number of nitrogens with zero attached hydrogens (tertiary/aromatic N) is 2. The molecule has 0 saturated carbocycles. The molecule has 1 heterocycles. The minimum atomic E-state index is -0.394. The molecule has 3 N–H and O–H groups in total. The van der Waals surface area contributed by atoms with E-state index in [1.165, 1.54) is 16.8 Å². The molecular formula is C12H12BrFN4O. The van der Waals surface area contributed by atoms with E-state index in [-0.39, 0.29) is 18.1 Å². The first-order valence-electron chi connectivity index (χ1n) is 5.48. The number of nitrogens with one attached hydrogen (secondary N) is 1. The number of nitrogen functional groups attached to an aromatic ring is 1. The molecule has 0 unspecified atom stereocenters. The van der Waals surface area contributed by atoms with Gasteiger partial charge in [0.05, 0.1) is 5.69 Å². The number of rotatable bonds is 3. The van der Waals surface area contributed by atoms with Crippen LogP contribution in [-0.2, 0) is 13.6 Å². The summed E-state index contributed by atoms with van der Waals surface area (Å²) in [4.78, 5) is 11.9. The Morgan fingerprint density at radius 3 is 2.95 bits per heavy atom. The highest BCUT2D eigenvalue weighted by atomic mass is 79.9. The Balaban J connectivity index is 2.08. The van der Waals surface area contributed by atoms with Gasteiger partial charge >= 0.3 is 0 Å². The van der Waals surface area contributed by atoms with Crippen molar-refractivity contribution in [1.29, 1.82) is 0 Å². The summed E-state index contributed by atoms with van der Waals surface area (Å²) in [5.74, 6) is -0.751. The Morgan fingerprint density at radius 1 is 1.58 bits per heavy atom. The van der Waals surface area contributed by atoms with Gasteiger partial charge in [0.25, 0.3) is 5.91 Å². The molecule has 0 aliphatic heterocycles. The summed E-state index contributed by atoms with van der Waals surface area (Å²) < 4.78 is 15.3. The van der Waals surface area contributed by atoms with Gasteiger partial charge in [-0.15, -0.1) is 0 Å². The van der Waals surface area contributed by atoms with Crippen molar-refractivity contribution >= 4 is 27.5 Å². The second-order valence-electron chi connectivity index (χ2n) is 4.03. The molecule has 2 aromatic rings. The van der Waals surface area contributed by atoms with E-state index in [0.29, 0.717) is 11.3 Å². The third kappa shape index (κ3) is 3.11. The summed E-state index contributed by atoms with van der Waals surface area (Å²) >= 11 is 3.29. The maximum absolute atomic E-state index is 13.1. The van der Waals surface area contributed by atoms with Crippen LogP contribution in [0.4, 0.5) is 10.1 Å². The third-order valence-corrected chi connectivity index (χ3v) is 3.29. The van der Waals surface area contributed by atoms with Gasteiger partial charge in [-0.1, -0.05) is 15.9 Å². The van der Waals surface area contributed by atoms with Crippen LogP contribution < -0.4 is 11.1 Å². The monoisotopic (exact) mass is 326 g/mol. The number of halogens is 2. The number of aromatic nitrogens is 2. The van der Waals surface area contributed by atoms with E-state index in [1.54, 1.807) is 19.3 Å². The van der Waals surface area contributed by atoms with Crippen molar-refractivity contribution in [2.24, 2.45) is 7.05 Å². The van der Waals surface area contributed by atoms with Crippen molar-refractivity contribution in [3.05, 3.63) is 45.9 Å². The van der Waals surface area contributed by atoms with Gasteiger partial charge in [0, 0.05) is 24.3 Å². The summed E-state index contributed by atoms with van der Waals surface area (Å²) in [5.41, 5.74) is 6.76. The van der Waals surface area contributed by atoms with Crippen molar-refractivity contribution < 1.29 is 9.18 Å². The summed E-state index contributed by atoms with van der Waals surface area (Å²) in [5, 5.41) is 6.60. The van der Waals surface area contributed by atoms with E-state index in [2.05, 4.69) is 26.3 Å². The molecule has 0 saturated heterocycles. The molecule has 0 fully saturated rings. The lowest BCUT2D eigenvalue weighted by atomic mass is 10.2. The molecule has 1 aromatic carbocycles. The number of carbonyl (C=O) groups is 1. The summed E-state index contributed by atoms with van der Waals surface area (Å²) in [6, 6.07) is 4.28. The van der Waals surface area contributed by atoms with Crippen LogP contribution in [0.5, 0.6) is 0 Å². The van der Waals surface area contributed by atoms with Crippen molar-refractivity contribution in [2.75, 3.05) is 5.73 Å². The van der Waals surface area contributed by atoms with Crippen LogP contribution in [0.15, 0.2) is 28.9 Å². The second kappa shape index (κ2) is 5.40.